The lowest BCUT2D eigenvalue weighted by Crippen LogP contribution is -2.39. The molecule has 1 N–H and O–H groups in total. The SMILES string of the molecule is COc1ccc([C@@H]2c3[nH]c4ccccc4c3CCN2C(=O)/C=C/c2cc(OC)c(OC)c(OC)c2)cc1. The number of hydrogen-bond donors (Lipinski definition) is 1. The standard InChI is InChI=1S/C30H30N2O5/c1-34-21-12-10-20(11-13-21)29-28-23(22-7-5-6-8-24(22)31-28)15-16-32(29)27(33)14-9-19-17-25(35-2)30(37-4)26(18-19)36-3/h5-14,17-18,29,31H,15-16H2,1-4H3/b14-9+/t29-/m1/s1. The Morgan fingerprint density at radius 3 is 2.27 bits per heavy atom. The summed E-state index contributed by atoms with van der Waals surface area (Å²) in [7, 11) is 6.35. The molecule has 7 nitrogen and oxygen atoms in total. The van der Waals surface area contributed by atoms with Crippen LogP contribution in [0.1, 0.15) is 28.4 Å². The minimum atomic E-state index is -0.251. The van der Waals surface area contributed by atoms with E-state index in [0.29, 0.717) is 23.8 Å². The Hall–Kier alpha value is -4.39. The number of benzene rings is 3. The van der Waals surface area contributed by atoms with Gasteiger partial charge in [-0.1, -0.05) is 30.3 Å². The maximum atomic E-state index is 13.6. The second kappa shape index (κ2) is 10.3. The van der Waals surface area contributed by atoms with Gasteiger partial charge in [0.1, 0.15) is 5.75 Å². The molecular weight excluding hydrogens is 468 g/mol. The van der Waals surface area contributed by atoms with Gasteiger partial charge < -0.3 is 28.8 Å². The molecule has 1 aliphatic rings. The van der Waals surface area contributed by atoms with Crippen LogP contribution in [-0.2, 0) is 11.2 Å². The molecule has 3 aromatic carbocycles. The average Bonchev–Trinajstić information content (AvgIpc) is 3.33. The number of methoxy groups -OCH3 is 4. The Labute approximate surface area is 216 Å². The van der Waals surface area contributed by atoms with Crippen molar-refractivity contribution >= 4 is 22.9 Å². The van der Waals surface area contributed by atoms with Gasteiger partial charge >= 0.3 is 0 Å². The monoisotopic (exact) mass is 498 g/mol. The summed E-state index contributed by atoms with van der Waals surface area (Å²) in [6.07, 6.45) is 4.15. The van der Waals surface area contributed by atoms with Gasteiger partial charge in [0.2, 0.25) is 11.7 Å². The molecule has 4 aromatic rings. The van der Waals surface area contributed by atoms with E-state index >= 15 is 0 Å². The van der Waals surface area contributed by atoms with Gasteiger partial charge in [-0.15, -0.1) is 0 Å². The predicted molar refractivity (Wildman–Crippen MR) is 144 cm³/mol. The minimum absolute atomic E-state index is 0.0844. The fourth-order valence-electron chi connectivity index (χ4n) is 5.07. The molecular formula is C30H30N2O5. The first kappa shape index (κ1) is 24.3. The quantitative estimate of drug-likeness (QED) is 0.346. The molecule has 0 unspecified atom stereocenters. The van der Waals surface area contributed by atoms with Gasteiger partial charge in [0.05, 0.1) is 34.5 Å². The van der Waals surface area contributed by atoms with E-state index in [9.17, 15) is 4.79 Å². The maximum absolute atomic E-state index is 13.6. The molecule has 0 bridgehead atoms. The van der Waals surface area contributed by atoms with Gasteiger partial charge in [-0.25, -0.2) is 0 Å². The van der Waals surface area contributed by atoms with Crippen LogP contribution in [0, 0.1) is 0 Å². The number of H-pyrrole nitrogens is 1. The minimum Gasteiger partial charge on any atom is -0.497 e. The van der Waals surface area contributed by atoms with Crippen molar-refractivity contribution in [3.63, 3.8) is 0 Å². The van der Waals surface area contributed by atoms with Crippen molar-refractivity contribution in [2.75, 3.05) is 35.0 Å². The third-order valence-corrected chi connectivity index (χ3v) is 6.85. The number of nitrogens with zero attached hydrogens (tertiary/aromatic N) is 1. The second-order valence-corrected chi connectivity index (χ2v) is 8.81. The fraction of sp³-hybridized carbons (Fsp3) is 0.233. The first-order valence-corrected chi connectivity index (χ1v) is 12.1. The molecule has 37 heavy (non-hydrogen) atoms. The smallest absolute Gasteiger partial charge is 0.247 e. The van der Waals surface area contributed by atoms with E-state index in [-0.39, 0.29) is 11.9 Å². The highest BCUT2D eigenvalue weighted by Crippen LogP contribution is 2.40. The Kier molecular flexibility index (Phi) is 6.77. The number of carbonyl (C=O) groups is 1. The fourth-order valence-corrected chi connectivity index (χ4v) is 5.07. The highest BCUT2D eigenvalue weighted by atomic mass is 16.5. The molecule has 1 amide bonds. The van der Waals surface area contributed by atoms with Crippen LogP contribution in [0.4, 0.5) is 0 Å². The molecule has 0 aliphatic carbocycles. The zero-order valence-corrected chi connectivity index (χ0v) is 21.4. The van der Waals surface area contributed by atoms with Crippen LogP contribution >= 0.6 is 0 Å². The molecule has 1 aromatic heterocycles. The molecule has 0 fully saturated rings. The molecule has 7 heteroatoms. The second-order valence-electron chi connectivity index (χ2n) is 8.81. The van der Waals surface area contributed by atoms with Crippen molar-refractivity contribution in [3.05, 3.63) is 89.1 Å². The van der Waals surface area contributed by atoms with E-state index in [4.69, 9.17) is 18.9 Å². The molecule has 0 spiro atoms. The number of nitrogens with one attached hydrogen (secondary N) is 1. The Bertz CT molecular complexity index is 1430. The number of ether oxygens (including phenoxy) is 4. The number of aromatic amines is 1. The summed E-state index contributed by atoms with van der Waals surface area (Å²) in [5, 5.41) is 1.20. The van der Waals surface area contributed by atoms with Gasteiger partial charge in [-0.05, 0) is 59.5 Å². The summed E-state index contributed by atoms with van der Waals surface area (Å²) >= 11 is 0. The predicted octanol–water partition coefficient (Wildman–Crippen LogP) is 5.39. The van der Waals surface area contributed by atoms with Crippen molar-refractivity contribution in [3.8, 4) is 23.0 Å². The van der Waals surface area contributed by atoms with Crippen LogP contribution < -0.4 is 18.9 Å². The maximum Gasteiger partial charge on any atom is 0.247 e. The number of carbonyl (C=O) groups excluding carboxylic acids is 1. The van der Waals surface area contributed by atoms with Crippen LogP contribution in [0.3, 0.4) is 0 Å². The van der Waals surface area contributed by atoms with Gasteiger partial charge in [-0.2, -0.15) is 0 Å². The summed E-state index contributed by atoms with van der Waals surface area (Å²) in [6, 6.07) is 19.6. The Morgan fingerprint density at radius 1 is 0.919 bits per heavy atom. The van der Waals surface area contributed by atoms with Crippen LogP contribution in [0.2, 0.25) is 0 Å². The first-order chi connectivity index (χ1) is 18.1. The molecule has 190 valence electrons. The highest BCUT2D eigenvalue weighted by Gasteiger charge is 2.33. The molecule has 0 saturated carbocycles. The highest BCUT2D eigenvalue weighted by molar-refractivity contribution is 5.93. The number of amides is 1. The van der Waals surface area contributed by atoms with Gasteiger partial charge in [0.15, 0.2) is 11.5 Å². The number of hydrogen-bond acceptors (Lipinski definition) is 5. The average molecular weight is 499 g/mol. The van der Waals surface area contributed by atoms with Gasteiger partial charge in [0.25, 0.3) is 0 Å². The summed E-state index contributed by atoms with van der Waals surface area (Å²) in [5.74, 6) is 2.27. The van der Waals surface area contributed by atoms with E-state index in [1.54, 1.807) is 40.6 Å². The summed E-state index contributed by atoms with van der Waals surface area (Å²) in [4.78, 5) is 19.2. The van der Waals surface area contributed by atoms with E-state index in [1.807, 2.05) is 47.4 Å². The molecule has 0 saturated heterocycles. The first-order valence-electron chi connectivity index (χ1n) is 12.1. The number of rotatable bonds is 7. The Balaban J connectivity index is 1.52. The number of fused-ring (bicyclic) bond motifs is 3. The van der Waals surface area contributed by atoms with Crippen LogP contribution in [-0.4, -0.2) is 50.8 Å². The Morgan fingerprint density at radius 2 is 1.62 bits per heavy atom. The summed E-state index contributed by atoms with van der Waals surface area (Å²) < 4.78 is 21.7. The number of aromatic nitrogens is 1. The lowest BCUT2D eigenvalue weighted by molar-refractivity contribution is -0.128. The van der Waals surface area contributed by atoms with Crippen molar-refractivity contribution in [1.82, 2.24) is 9.88 Å². The zero-order valence-electron chi connectivity index (χ0n) is 21.4. The van der Waals surface area contributed by atoms with Crippen molar-refractivity contribution < 1.29 is 23.7 Å². The van der Waals surface area contributed by atoms with Crippen LogP contribution in [0.15, 0.2) is 66.7 Å². The lowest BCUT2D eigenvalue weighted by Gasteiger charge is -2.35. The molecule has 2 heterocycles. The third kappa shape index (κ3) is 4.48. The van der Waals surface area contributed by atoms with Crippen LogP contribution in [0.5, 0.6) is 23.0 Å². The summed E-state index contributed by atoms with van der Waals surface area (Å²) in [5.41, 5.74) is 5.17. The topological polar surface area (TPSA) is 73.0 Å². The van der Waals surface area contributed by atoms with Crippen molar-refractivity contribution in [2.45, 2.75) is 12.5 Å². The zero-order chi connectivity index (χ0) is 25.9. The van der Waals surface area contributed by atoms with Crippen molar-refractivity contribution in [2.24, 2.45) is 0 Å². The van der Waals surface area contributed by atoms with Gasteiger partial charge in [0, 0.05) is 29.2 Å². The van der Waals surface area contributed by atoms with E-state index < -0.39 is 0 Å². The molecule has 5 rings (SSSR count). The third-order valence-electron chi connectivity index (χ3n) is 6.85. The largest absolute Gasteiger partial charge is 0.497 e. The summed E-state index contributed by atoms with van der Waals surface area (Å²) in [6.45, 7) is 0.601. The van der Waals surface area contributed by atoms with Crippen LogP contribution in [0.25, 0.3) is 17.0 Å². The van der Waals surface area contributed by atoms with E-state index in [0.717, 1.165) is 34.5 Å². The normalized spacial score (nSPS) is 15.0. The van der Waals surface area contributed by atoms with E-state index in [2.05, 4.69) is 23.2 Å². The van der Waals surface area contributed by atoms with E-state index in [1.165, 1.54) is 10.9 Å². The lowest BCUT2D eigenvalue weighted by atomic mass is 9.92. The molecule has 0 radical (unpaired) electrons. The van der Waals surface area contributed by atoms with Gasteiger partial charge in [-0.3, -0.25) is 4.79 Å². The number of para-hydroxylation sites is 1. The molecule has 1 aliphatic heterocycles. The molecule has 1 atom stereocenters. The van der Waals surface area contributed by atoms with Crippen molar-refractivity contribution in [1.29, 1.82) is 0 Å².